The number of rotatable bonds is 9. The lowest BCUT2D eigenvalue weighted by atomic mass is 9.99. The largest absolute Gasteiger partial charge is 0.482 e. The number of hydroxylamine groups is 1. The predicted molar refractivity (Wildman–Crippen MR) is 175 cm³/mol. The highest BCUT2D eigenvalue weighted by atomic mass is 19.4. The second-order valence-electron chi connectivity index (χ2n) is 12.3. The second-order valence-corrected chi connectivity index (χ2v) is 12.3. The third kappa shape index (κ3) is 7.35. The molecule has 2 aromatic carbocycles. The van der Waals surface area contributed by atoms with Crippen molar-refractivity contribution in [3.05, 3.63) is 72.8 Å². The molecule has 11 nitrogen and oxygen atoms in total. The summed E-state index contributed by atoms with van der Waals surface area (Å²) in [6.45, 7) is 3.94. The molecule has 0 amide bonds. The summed E-state index contributed by atoms with van der Waals surface area (Å²) in [5.41, 5.74) is 3.91. The number of hydrogen-bond donors (Lipinski definition) is 1. The molecule has 14 heteroatoms. The van der Waals surface area contributed by atoms with Gasteiger partial charge in [-0.05, 0) is 24.5 Å². The van der Waals surface area contributed by atoms with Crippen molar-refractivity contribution in [3.8, 4) is 16.9 Å². The van der Waals surface area contributed by atoms with Gasteiger partial charge in [-0.1, -0.05) is 30.3 Å². The summed E-state index contributed by atoms with van der Waals surface area (Å²) in [6, 6.07) is 15.7. The average Bonchev–Trinajstić information content (AvgIpc) is 3.78. The molecule has 0 spiro atoms. The highest BCUT2D eigenvalue weighted by Gasteiger charge is 2.32. The van der Waals surface area contributed by atoms with E-state index < -0.39 is 12.8 Å². The number of halogens is 3. The Bertz CT molecular complexity index is 1670. The van der Waals surface area contributed by atoms with Crippen molar-refractivity contribution >= 4 is 23.0 Å². The summed E-state index contributed by atoms with van der Waals surface area (Å²) in [5.74, 6) is 0.990. The van der Waals surface area contributed by atoms with Gasteiger partial charge in [0.1, 0.15) is 17.9 Å². The van der Waals surface area contributed by atoms with Crippen LogP contribution in [0.1, 0.15) is 30.9 Å². The Morgan fingerprint density at radius 2 is 1.75 bits per heavy atom. The van der Waals surface area contributed by atoms with E-state index in [1.807, 2.05) is 49.6 Å². The number of hydrogen-bond acceptors (Lipinski definition) is 10. The molecule has 2 aromatic heterocycles. The van der Waals surface area contributed by atoms with E-state index in [4.69, 9.17) is 14.3 Å². The molecule has 254 valence electrons. The first-order valence-electron chi connectivity index (χ1n) is 16.3. The molecular weight excluding hydrogens is 625 g/mol. The zero-order chi connectivity index (χ0) is 33.1. The van der Waals surface area contributed by atoms with Crippen LogP contribution in [0.5, 0.6) is 5.75 Å². The van der Waals surface area contributed by atoms with Gasteiger partial charge in [-0.2, -0.15) is 18.3 Å². The summed E-state index contributed by atoms with van der Waals surface area (Å²) < 4.78 is 53.2. The fourth-order valence-electron chi connectivity index (χ4n) is 6.76. The van der Waals surface area contributed by atoms with Gasteiger partial charge in [-0.25, -0.2) is 15.0 Å². The fraction of sp³-hybridized carbons (Fsp3) is 0.441. The molecule has 0 bridgehead atoms. The minimum Gasteiger partial charge on any atom is -0.482 e. The molecule has 1 atom stereocenters. The summed E-state index contributed by atoms with van der Waals surface area (Å²) in [5, 5.41) is 9.38. The lowest BCUT2D eigenvalue weighted by Gasteiger charge is -2.41. The lowest BCUT2D eigenvalue weighted by molar-refractivity contribution is -0.153. The van der Waals surface area contributed by atoms with E-state index in [-0.39, 0.29) is 11.8 Å². The van der Waals surface area contributed by atoms with Gasteiger partial charge in [0.05, 0.1) is 37.7 Å². The number of anilines is 4. The van der Waals surface area contributed by atoms with Crippen LogP contribution in [-0.2, 0) is 16.6 Å². The van der Waals surface area contributed by atoms with Crippen LogP contribution in [0.3, 0.4) is 0 Å². The number of aryl methyl sites for hydroxylation is 1. The third-order valence-electron chi connectivity index (χ3n) is 9.10. The SMILES string of the molecule is Cn1cc(-c2cc(Nc3cc(N4OCCC4c4ccccc4)ncn3)c(OCC(F)(F)F)cc2N2CCC(N3CCOCC3)CC2)cn1. The number of ether oxygens (including phenoxy) is 2. The van der Waals surface area contributed by atoms with Gasteiger partial charge >= 0.3 is 6.18 Å². The molecular formula is C34H39F3N8O3. The lowest BCUT2D eigenvalue weighted by Crippen LogP contribution is -2.49. The van der Waals surface area contributed by atoms with Gasteiger partial charge in [0.15, 0.2) is 12.4 Å². The summed E-state index contributed by atoms with van der Waals surface area (Å²) in [4.78, 5) is 19.5. The Labute approximate surface area is 277 Å². The van der Waals surface area contributed by atoms with Crippen molar-refractivity contribution in [2.45, 2.75) is 37.5 Å². The molecule has 0 aliphatic carbocycles. The van der Waals surface area contributed by atoms with Gasteiger partial charge in [0.2, 0.25) is 0 Å². The first kappa shape index (κ1) is 32.2. The summed E-state index contributed by atoms with van der Waals surface area (Å²) >= 11 is 0. The number of alkyl halides is 3. The Hall–Kier alpha value is -4.40. The monoisotopic (exact) mass is 664 g/mol. The molecule has 48 heavy (non-hydrogen) atoms. The molecule has 4 aromatic rings. The van der Waals surface area contributed by atoms with E-state index >= 15 is 0 Å². The number of nitrogens with one attached hydrogen (secondary N) is 1. The number of morpholine rings is 1. The molecule has 1 N–H and O–H groups in total. The van der Waals surface area contributed by atoms with Crippen LogP contribution in [0, 0.1) is 0 Å². The number of benzene rings is 2. The molecule has 0 radical (unpaired) electrons. The maximum Gasteiger partial charge on any atom is 0.422 e. The smallest absolute Gasteiger partial charge is 0.422 e. The molecule has 1 unspecified atom stereocenters. The average molecular weight is 665 g/mol. The highest BCUT2D eigenvalue weighted by Crippen LogP contribution is 2.42. The molecule has 5 heterocycles. The Morgan fingerprint density at radius 1 is 0.958 bits per heavy atom. The van der Waals surface area contributed by atoms with Crippen LogP contribution < -0.4 is 20.0 Å². The van der Waals surface area contributed by atoms with Crippen LogP contribution >= 0.6 is 0 Å². The van der Waals surface area contributed by atoms with Crippen LogP contribution in [0.2, 0.25) is 0 Å². The van der Waals surface area contributed by atoms with E-state index in [0.29, 0.717) is 30.0 Å². The third-order valence-corrected chi connectivity index (χ3v) is 9.10. The van der Waals surface area contributed by atoms with Crippen LogP contribution in [0.4, 0.5) is 36.2 Å². The van der Waals surface area contributed by atoms with E-state index in [1.165, 1.54) is 6.33 Å². The normalized spacial score (nSPS) is 19.5. The van der Waals surface area contributed by atoms with Crippen LogP contribution in [0.25, 0.3) is 11.1 Å². The standard InChI is InChI=1S/C34H39F3N8O3/c1-42-21-25(20-40-42)27-17-28(41-32-19-33(39-23-38-32)45-29(9-14-48-45)24-5-3-2-4-6-24)31(47-22-34(35,36)37)18-30(27)44-10-7-26(8-11-44)43-12-15-46-16-13-43/h2-6,17-21,23,26,29H,7-16,22H2,1H3,(H,38,39,41). The minimum atomic E-state index is -4.52. The van der Waals surface area contributed by atoms with Crippen molar-refractivity contribution in [3.63, 3.8) is 0 Å². The van der Waals surface area contributed by atoms with E-state index in [2.05, 4.69) is 30.2 Å². The van der Waals surface area contributed by atoms with E-state index in [9.17, 15) is 13.2 Å². The van der Waals surface area contributed by atoms with Crippen molar-refractivity contribution in [2.24, 2.45) is 7.05 Å². The maximum atomic E-state index is 13.5. The fourth-order valence-corrected chi connectivity index (χ4v) is 6.76. The number of nitrogens with zero attached hydrogens (tertiary/aromatic N) is 7. The first-order valence-corrected chi connectivity index (χ1v) is 16.3. The van der Waals surface area contributed by atoms with Gasteiger partial charge in [-0.3, -0.25) is 14.4 Å². The van der Waals surface area contributed by atoms with Crippen molar-refractivity contribution in [2.75, 3.05) is 67.9 Å². The molecule has 3 aliphatic heterocycles. The predicted octanol–water partition coefficient (Wildman–Crippen LogP) is 5.75. The van der Waals surface area contributed by atoms with Crippen molar-refractivity contribution < 1.29 is 27.5 Å². The molecule has 3 aliphatic rings. The maximum absolute atomic E-state index is 13.5. The van der Waals surface area contributed by atoms with Crippen LogP contribution in [-0.4, -0.2) is 89.5 Å². The number of piperidine rings is 1. The molecule has 3 fully saturated rings. The molecule has 0 saturated carbocycles. The zero-order valence-electron chi connectivity index (χ0n) is 26.8. The minimum absolute atomic E-state index is 0.0384. The van der Waals surface area contributed by atoms with E-state index in [1.54, 1.807) is 28.1 Å². The molecule has 3 saturated heterocycles. The first-order chi connectivity index (χ1) is 23.3. The van der Waals surface area contributed by atoms with Crippen LogP contribution in [0.15, 0.2) is 67.3 Å². The summed E-state index contributed by atoms with van der Waals surface area (Å²) in [6.07, 6.45) is 3.22. The zero-order valence-corrected chi connectivity index (χ0v) is 26.8. The van der Waals surface area contributed by atoms with Gasteiger partial charge < -0.3 is 19.7 Å². The quantitative estimate of drug-likeness (QED) is 0.239. The van der Waals surface area contributed by atoms with E-state index in [0.717, 1.165) is 81.0 Å². The highest BCUT2D eigenvalue weighted by molar-refractivity contribution is 5.85. The van der Waals surface area contributed by atoms with Crippen molar-refractivity contribution in [1.82, 2.24) is 24.6 Å². The second kappa shape index (κ2) is 14.0. The molecule has 7 rings (SSSR count). The van der Waals surface area contributed by atoms with Gasteiger partial charge in [0, 0.05) is 80.8 Å². The Morgan fingerprint density at radius 3 is 2.48 bits per heavy atom. The Kier molecular flexibility index (Phi) is 9.37. The Balaban J connectivity index is 1.20. The topological polar surface area (TPSA) is 93.0 Å². The van der Waals surface area contributed by atoms with Crippen molar-refractivity contribution in [1.29, 1.82) is 0 Å². The summed E-state index contributed by atoms with van der Waals surface area (Å²) in [7, 11) is 1.84. The van der Waals surface area contributed by atoms with Gasteiger partial charge in [-0.15, -0.1) is 0 Å². The van der Waals surface area contributed by atoms with Gasteiger partial charge in [0.25, 0.3) is 0 Å². The number of aromatic nitrogens is 4.